The fourth-order valence-electron chi connectivity index (χ4n) is 1.25. The van der Waals surface area contributed by atoms with Crippen molar-refractivity contribution in [3.8, 4) is 5.75 Å². The van der Waals surface area contributed by atoms with E-state index in [9.17, 15) is 35.5 Å². The van der Waals surface area contributed by atoms with Gasteiger partial charge >= 0.3 is 24.5 Å². The summed E-state index contributed by atoms with van der Waals surface area (Å²) in [7, 11) is 0. The molecule has 0 unspecified atom stereocenters. The van der Waals surface area contributed by atoms with Gasteiger partial charge in [0.2, 0.25) is 0 Å². The number of aromatic carboxylic acids is 1. The summed E-state index contributed by atoms with van der Waals surface area (Å²) in [5.74, 6) is -7.47. The first-order valence-electron chi connectivity index (χ1n) is 5.18. The maximum absolute atomic E-state index is 12.7. The normalized spacial score (nSPS) is 12.6. The monoisotopic (exact) mass is 320 g/mol. The molecule has 1 rings (SSSR count). The van der Waals surface area contributed by atoms with Crippen LogP contribution in [0, 0.1) is 0 Å². The first-order valence-corrected chi connectivity index (χ1v) is 5.18. The van der Waals surface area contributed by atoms with Gasteiger partial charge in [-0.1, -0.05) is 0 Å². The molecule has 0 atom stereocenters. The van der Waals surface area contributed by atoms with Crippen LogP contribution in [0.4, 0.5) is 30.7 Å². The van der Waals surface area contributed by atoms with E-state index in [-0.39, 0.29) is 6.07 Å². The van der Waals surface area contributed by atoms with Crippen molar-refractivity contribution in [3.63, 3.8) is 0 Å². The number of halogens is 7. The zero-order valence-corrected chi connectivity index (χ0v) is 9.93. The van der Waals surface area contributed by atoms with Gasteiger partial charge in [0.05, 0.1) is 11.1 Å². The maximum atomic E-state index is 12.7. The number of benzene rings is 1. The summed E-state index contributed by atoms with van der Waals surface area (Å²) in [5.41, 5.74) is -2.40. The summed E-state index contributed by atoms with van der Waals surface area (Å²) in [6.45, 7) is -1.97. The van der Waals surface area contributed by atoms with Crippen molar-refractivity contribution in [2.45, 2.75) is 18.5 Å². The molecule has 0 aliphatic carbocycles. The predicted molar refractivity (Wildman–Crippen MR) is 54.8 cm³/mol. The average Bonchev–Trinajstić information content (AvgIpc) is 2.34. The molecule has 10 heteroatoms. The van der Waals surface area contributed by atoms with E-state index < -0.39 is 48.0 Å². The van der Waals surface area contributed by atoms with Crippen LogP contribution in [0.3, 0.4) is 0 Å². The molecule has 0 spiro atoms. The molecular formula is C11H7F7O3. The van der Waals surface area contributed by atoms with E-state index in [1.54, 1.807) is 0 Å². The summed E-state index contributed by atoms with van der Waals surface area (Å²) in [6.07, 6.45) is -9.20. The molecule has 1 aromatic rings. The van der Waals surface area contributed by atoms with E-state index in [0.717, 1.165) is 0 Å². The Morgan fingerprint density at radius 1 is 1.19 bits per heavy atom. The molecule has 3 nitrogen and oxygen atoms in total. The van der Waals surface area contributed by atoms with Gasteiger partial charge in [-0.05, 0) is 18.2 Å². The van der Waals surface area contributed by atoms with Crippen LogP contribution in [0.5, 0.6) is 5.75 Å². The fourth-order valence-corrected chi connectivity index (χ4v) is 1.25. The standard InChI is InChI=1S/C11H7F7O3/c12-9(13)10(14,15)4-21-7-2-1-5(8(19)20)3-6(7)11(16,17)18/h1-3,9H,4H2,(H,19,20). The predicted octanol–water partition coefficient (Wildman–Crippen LogP) is 3.68. The molecule has 0 fully saturated rings. The van der Waals surface area contributed by atoms with E-state index >= 15 is 0 Å². The van der Waals surface area contributed by atoms with E-state index in [4.69, 9.17) is 5.11 Å². The van der Waals surface area contributed by atoms with Gasteiger partial charge in [0, 0.05) is 0 Å². The van der Waals surface area contributed by atoms with Crippen LogP contribution in [0.25, 0.3) is 0 Å². The maximum Gasteiger partial charge on any atom is 0.419 e. The SMILES string of the molecule is O=C(O)c1ccc(OCC(F)(F)C(F)F)c(C(F)(F)F)c1. The Morgan fingerprint density at radius 2 is 1.76 bits per heavy atom. The Bertz CT molecular complexity index is 525. The number of hydrogen-bond acceptors (Lipinski definition) is 2. The van der Waals surface area contributed by atoms with Gasteiger partial charge in [0.15, 0.2) is 6.61 Å². The third kappa shape index (κ3) is 4.23. The molecule has 1 N–H and O–H groups in total. The Labute approximate surface area is 112 Å². The van der Waals surface area contributed by atoms with Crippen molar-refractivity contribution in [2.24, 2.45) is 0 Å². The highest BCUT2D eigenvalue weighted by atomic mass is 19.4. The molecule has 0 saturated carbocycles. The summed E-state index contributed by atoms with van der Waals surface area (Å²) >= 11 is 0. The van der Waals surface area contributed by atoms with Crippen LogP contribution in [-0.2, 0) is 6.18 Å². The molecule has 1 aromatic carbocycles. The molecule has 118 valence electrons. The van der Waals surface area contributed by atoms with Crippen LogP contribution >= 0.6 is 0 Å². The molecule has 0 amide bonds. The molecular weight excluding hydrogens is 313 g/mol. The second kappa shape index (κ2) is 5.78. The topological polar surface area (TPSA) is 46.5 Å². The first kappa shape index (κ1) is 17.1. The van der Waals surface area contributed by atoms with Gasteiger partial charge in [-0.3, -0.25) is 0 Å². The van der Waals surface area contributed by atoms with Gasteiger partial charge in [-0.25, -0.2) is 13.6 Å². The Morgan fingerprint density at radius 3 is 2.19 bits per heavy atom. The zero-order valence-electron chi connectivity index (χ0n) is 9.93. The van der Waals surface area contributed by atoms with Crippen LogP contribution in [-0.4, -0.2) is 30.0 Å². The minimum absolute atomic E-state index is 0.165. The number of carboxylic acids is 1. The molecule has 0 aliphatic rings. The molecule has 0 aliphatic heterocycles. The highest BCUT2D eigenvalue weighted by molar-refractivity contribution is 5.88. The van der Waals surface area contributed by atoms with Crippen LogP contribution in [0.1, 0.15) is 15.9 Å². The smallest absolute Gasteiger partial charge is 0.419 e. The van der Waals surface area contributed by atoms with Crippen LogP contribution in [0.2, 0.25) is 0 Å². The lowest BCUT2D eigenvalue weighted by Crippen LogP contribution is -2.34. The summed E-state index contributed by atoms with van der Waals surface area (Å²) in [4.78, 5) is 10.6. The summed E-state index contributed by atoms with van der Waals surface area (Å²) in [5, 5.41) is 8.57. The van der Waals surface area contributed by atoms with Gasteiger partial charge in [0.25, 0.3) is 0 Å². The average molecular weight is 320 g/mol. The number of ether oxygens (including phenoxy) is 1. The minimum Gasteiger partial charge on any atom is -0.486 e. The number of carbonyl (C=O) groups is 1. The molecule has 0 saturated heterocycles. The number of alkyl halides is 7. The number of rotatable bonds is 5. The molecule has 21 heavy (non-hydrogen) atoms. The third-order valence-electron chi connectivity index (χ3n) is 2.27. The second-order valence-corrected chi connectivity index (χ2v) is 3.86. The third-order valence-corrected chi connectivity index (χ3v) is 2.27. The lowest BCUT2D eigenvalue weighted by Gasteiger charge is -2.19. The Balaban J connectivity index is 3.10. The van der Waals surface area contributed by atoms with Crippen LogP contribution < -0.4 is 4.74 Å². The molecule has 0 bridgehead atoms. The van der Waals surface area contributed by atoms with Crippen molar-refractivity contribution in [1.82, 2.24) is 0 Å². The van der Waals surface area contributed by atoms with Crippen molar-refractivity contribution in [2.75, 3.05) is 6.61 Å². The highest BCUT2D eigenvalue weighted by Gasteiger charge is 2.43. The Kier molecular flexibility index (Phi) is 4.69. The van der Waals surface area contributed by atoms with Crippen LogP contribution in [0.15, 0.2) is 18.2 Å². The lowest BCUT2D eigenvalue weighted by atomic mass is 10.1. The first-order chi connectivity index (χ1) is 9.45. The van der Waals surface area contributed by atoms with Crippen molar-refractivity contribution in [1.29, 1.82) is 0 Å². The van der Waals surface area contributed by atoms with E-state index in [1.165, 1.54) is 0 Å². The zero-order chi connectivity index (χ0) is 16.4. The molecule has 0 heterocycles. The highest BCUT2D eigenvalue weighted by Crippen LogP contribution is 2.37. The summed E-state index contributed by atoms with van der Waals surface area (Å²) in [6, 6.07) is 1.32. The minimum atomic E-state index is -5.10. The van der Waals surface area contributed by atoms with Crippen molar-refractivity contribution >= 4 is 5.97 Å². The second-order valence-electron chi connectivity index (χ2n) is 3.86. The van der Waals surface area contributed by atoms with Crippen molar-refractivity contribution < 1.29 is 45.4 Å². The van der Waals surface area contributed by atoms with Gasteiger partial charge in [-0.2, -0.15) is 22.0 Å². The van der Waals surface area contributed by atoms with Gasteiger partial charge in [0.1, 0.15) is 5.75 Å². The van der Waals surface area contributed by atoms with Gasteiger partial charge in [-0.15, -0.1) is 0 Å². The Hall–Kier alpha value is -2.00. The number of hydrogen-bond donors (Lipinski definition) is 1. The largest absolute Gasteiger partial charge is 0.486 e. The fraction of sp³-hybridized carbons (Fsp3) is 0.364. The van der Waals surface area contributed by atoms with Crippen molar-refractivity contribution in [3.05, 3.63) is 29.3 Å². The van der Waals surface area contributed by atoms with E-state index in [2.05, 4.69) is 4.74 Å². The van der Waals surface area contributed by atoms with E-state index in [0.29, 0.717) is 12.1 Å². The number of carboxylic acid groups (broad SMARTS) is 1. The molecule has 0 radical (unpaired) electrons. The summed E-state index contributed by atoms with van der Waals surface area (Å²) < 4.78 is 91.1. The lowest BCUT2D eigenvalue weighted by molar-refractivity contribution is -0.153. The van der Waals surface area contributed by atoms with E-state index in [1.807, 2.05) is 0 Å². The quantitative estimate of drug-likeness (QED) is 0.842. The van der Waals surface area contributed by atoms with Gasteiger partial charge < -0.3 is 9.84 Å². The molecule has 0 aromatic heterocycles.